The number of fused-ring (bicyclic) bond motifs is 1. The summed E-state index contributed by atoms with van der Waals surface area (Å²) in [5.74, 6) is -1.20. The highest BCUT2D eigenvalue weighted by Crippen LogP contribution is 2.20. The van der Waals surface area contributed by atoms with Crippen molar-refractivity contribution in [3.8, 4) is 0 Å². The van der Waals surface area contributed by atoms with Gasteiger partial charge >= 0.3 is 0 Å². The molecule has 0 radical (unpaired) electrons. The maximum absolute atomic E-state index is 12.9. The standard InChI is InChI=1S/C17H15FN2O3S/c1-11-2-7-15-12(10-19-16(15)8-11)9-17(21)20-24(22,23)14-5-3-13(18)4-6-14/h2-8,10,19H,9H2,1H3,(H,20,21). The first-order chi connectivity index (χ1) is 11.3. The molecule has 24 heavy (non-hydrogen) atoms. The highest BCUT2D eigenvalue weighted by molar-refractivity contribution is 7.90. The van der Waals surface area contributed by atoms with E-state index in [1.807, 2.05) is 29.8 Å². The number of aromatic nitrogens is 1. The molecule has 3 aromatic rings. The Morgan fingerprint density at radius 1 is 1.17 bits per heavy atom. The van der Waals surface area contributed by atoms with E-state index in [0.29, 0.717) is 5.56 Å². The number of nitrogens with one attached hydrogen (secondary N) is 2. The van der Waals surface area contributed by atoms with Gasteiger partial charge in [0.05, 0.1) is 11.3 Å². The first kappa shape index (κ1) is 16.2. The molecule has 0 saturated carbocycles. The number of carbonyl (C=O) groups excluding carboxylic acids is 1. The third-order valence-corrected chi connectivity index (χ3v) is 5.04. The third-order valence-electron chi connectivity index (χ3n) is 3.65. The minimum atomic E-state index is -4.02. The molecule has 0 aliphatic rings. The molecular formula is C17H15FN2O3S. The van der Waals surface area contributed by atoms with E-state index in [1.54, 1.807) is 6.20 Å². The van der Waals surface area contributed by atoms with Crippen molar-refractivity contribution in [2.24, 2.45) is 0 Å². The lowest BCUT2D eigenvalue weighted by atomic mass is 10.1. The SMILES string of the molecule is Cc1ccc2c(CC(=O)NS(=O)(=O)c3ccc(F)cc3)c[nH]c2c1. The summed E-state index contributed by atoms with van der Waals surface area (Å²) in [5.41, 5.74) is 2.68. The van der Waals surface area contributed by atoms with E-state index in [1.165, 1.54) is 0 Å². The summed E-state index contributed by atoms with van der Waals surface area (Å²) in [6.07, 6.45) is 1.61. The molecule has 0 aliphatic carbocycles. The van der Waals surface area contributed by atoms with Crippen molar-refractivity contribution in [2.45, 2.75) is 18.2 Å². The predicted octanol–water partition coefficient (Wildman–Crippen LogP) is 2.66. The van der Waals surface area contributed by atoms with E-state index in [9.17, 15) is 17.6 Å². The lowest BCUT2D eigenvalue weighted by molar-refractivity contribution is -0.118. The number of halogens is 1. The van der Waals surface area contributed by atoms with Crippen molar-refractivity contribution in [1.82, 2.24) is 9.71 Å². The molecule has 0 bridgehead atoms. The second-order valence-electron chi connectivity index (χ2n) is 5.52. The summed E-state index contributed by atoms with van der Waals surface area (Å²) in [4.78, 5) is 15.0. The molecule has 1 aromatic heterocycles. The van der Waals surface area contributed by atoms with Gasteiger partial charge in [0.1, 0.15) is 5.82 Å². The van der Waals surface area contributed by atoms with Crippen molar-refractivity contribution in [3.63, 3.8) is 0 Å². The summed E-state index contributed by atoms with van der Waals surface area (Å²) in [7, 11) is -4.02. The number of H-pyrrole nitrogens is 1. The predicted molar refractivity (Wildman–Crippen MR) is 88.5 cm³/mol. The molecule has 0 spiro atoms. The van der Waals surface area contributed by atoms with Crippen molar-refractivity contribution >= 4 is 26.8 Å². The van der Waals surface area contributed by atoms with Crippen molar-refractivity contribution in [1.29, 1.82) is 0 Å². The Labute approximate surface area is 138 Å². The van der Waals surface area contributed by atoms with Gasteiger partial charge in [-0.2, -0.15) is 0 Å². The maximum Gasteiger partial charge on any atom is 0.264 e. The van der Waals surface area contributed by atoms with Gasteiger partial charge in [0.2, 0.25) is 5.91 Å². The Morgan fingerprint density at radius 2 is 1.88 bits per heavy atom. The Hall–Kier alpha value is -2.67. The molecule has 0 unspecified atom stereocenters. The van der Waals surface area contributed by atoms with Crippen LogP contribution in [0.3, 0.4) is 0 Å². The lowest BCUT2D eigenvalue weighted by Gasteiger charge is -2.06. The second kappa shape index (κ2) is 6.09. The van der Waals surface area contributed by atoms with Crippen LogP contribution >= 0.6 is 0 Å². The van der Waals surface area contributed by atoms with E-state index < -0.39 is 21.7 Å². The highest BCUT2D eigenvalue weighted by atomic mass is 32.2. The normalized spacial score (nSPS) is 11.6. The summed E-state index contributed by atoms with van der Waals surface area (Å²) in [5, 5.41) is 0.870. The lowest BCUT2D eigenvalue weighted by Crippen LogP contribution is -2.31. The Balaban J connectivity index is 1.78. The zero-order valence-corrected chi connectivity index (χ0v) is 13.7. The van der Waals surface area contributed by atoms with Crippen LogP contribution in [0.1, 0.15) is 11.1 Å². The third kappa shape index (κ3) is 3.30. The van der Waals surface area contributed by atoms with Crippen LogP contribution in [0, 0.1) is 12.7 Å². The Morgan fingerprint density at radius 3 is 2.58 bits per heavy atom. The van der Waals surface area contributed by atoms with E-state index in [4.69, 9.17) is 0 Å². The quantitative estimate of drug-likeness (QED) is 0.762. The molecule has 0 fully saturated rings. The summed E-state index contributed by atoms with van der Waals surface area (Å²) < 4.78 is 39.1. The van der Waals surface area contributed by atoms with Crippen molar-refractivity contribution < 1.29 is 17.6 Å². The monoisotopic (exact) mass is 346 g/mol. The fraction of sp³-hybridized carbons (Fsp3) is 0.118. The van der Waals surface area contributed by atoms with E-state index >= 15 is 0 Å². The van der Waals surface area contributed by atoms with Gasteiger partial charge in [0.25, 0.3) is 10.0 Å². The minimum Gasteiger partial charge on any atom is -0.361 e. The largest absolute Gasteiger partial charge is 0.361 e. The van der Waals surface area contributed by atoms with Crippen LogP contribution in [-0.2, 0) is 21.2 Å². The molecule has 0 atom stereocenters. The number of hydrogen-bond donors (Lipinski definition) is 2. The fourth-order valence-electron chi connectivity index (χ4n) is 2.48. The number of aromatic amines is 1. The number of aryl methyl sites for hydroxylation is 1. The van der Waals surface area contributed by atoms with E-state index in [2.05, 4.69) is 4.98 Å². The molecule has 3 rings (SSSR count). The first-order valence-electron chi connectivity index (χ1n) is 7.23. The molecular weight excluding hydrogens is 331 g/mol. The molecule has 2 N–H and O–H groups in total. The molecule has 1 heterocycles. The molecule has 1 amide bonds. The van der Waals surface area contributed by atoms with Gasteiger partial charge in [0.15, 0.2) is 0 Å². The van der Waals surface area contributed by atoms with Gasteiger partial charge < -0.3 is 4.98 Å². The molecule has 124 valence electrons. The number of amides is 1. The van der Waals surface area contributed by atoms with Gasteiger partial charge in [-0.3, -0.25) is 4.79 Å². The van der Waals surface area contributed by atoms with Crippen LogP contribution in [0.25, 0.3) is 10.9 Å². The molecule has 7 heteroatoms. The summed E-state index contributed by atoms with van der Waals surface area (Å²) in [6.45, 7) is 1.96. The highest BCUT2D eigenvalue weighted by Gasteiger charge is 2.18. The first-order valence-corrected chi connectivity index (χ1v) is 8.71. The molecule has 0 saturated heterocycles. The minimum absolute atomic E-state index is 0.0799. The summed E-state index contributed by atoms with van der Waals surface area (Å²) in [6, 6.07) is 10.0. The topological polar surface area (TPSA) is 79.0 Å². The molecule has 2 aromatic carbocycles. The van der Waals surface area contributed by atoms with E-state index in [-0.39, 0.29) is 11.3 Å². The van der Waals surface area contributed by atoms with Gasteiger partial charge in [-0.1, -0.05) is 12.1 Å². The zero-order chi connectivity index (χ0) is 17.3. The summed E-state index contributed by atoms with van der Waals surface area (Å²) >= 11 is 0. The van der Waals surface area contributed by atoms with Crippen molar-refractivity contribution in [2.75, 3.05) is 0 Å². The number of benzene rings is 2. The van der Waals surface area contributed by atoms with Crippen LogP contribution in [0.2, 0.25) is 0 Å². The van der Waals surface area contributed by atoms with Gasteiger partial charge in [-0.25, -0.2) is 17.5 Å². The van der Waals surface area contributed by atoms with Gasteiger partial charge in [0, 0.05) is 17.1 Å². The van der Waals surface area contributed by atoms with Crippen LogP contribution in [0.5, 0.6) is 0 Å². The van der Waals surface area contributed by atoms with Crippen LogP contribution in [0.15, 0.2) is 53.6 Å². The number of carbonyl (C=O) groups is 1. The van der Waals surface area contributed by atoms with Crippen molar-refractivity contribution in [3.05, 3.63) is 65.6 Å². The maximum atomic E-state index is 12.9. The Bertz CT molecular complexity index is 1010. The smallest absolute Gasteiger partial charge is 0.264 e. The van der Waals surface area contributed by atoms with Crippen LogP contribution in [-0.4, -0.2) is 19.3 Å². The van der Waals surface area contributed by atoms with Crippen LogP contribution < -0.4 is 4.72 Å². The van der Waals surface area contributed by atoms with E-state index in [0.717, 1.165) is 40.7 Å². The average molecular weight is 346 g/mol. The molecule has 0 aliphatic heterocycles. The fourth-order valence-corrected chi connectivity index (χ4v) is 3.46. The van der Waals surface area contributed by atoms with Crippen LogP contribution in [0.4, 0.5) is 4.39 Å². The molecule has 5 nitrogen and oxygen atoms in total. The number of rotatable bonds is 4. The second-order valence-corrected chi connectivity index (χ2v) is 7.20. The number of sulfonamides is 1. The Kier molecular flexibility index (Phi) is 4.11. The van der Waals surface area contributed by atoms with Gasteiger partial charge in [-0.15, -0.1) is 0 Å². The van der Waals surface area contributed by atoms with Gasteiger partial charge in [-0.05, 0) is 48.4 Å². The number of hydrogen-bond acceptors (Lipinski definition) is 3. The average Bonchev–Trinajstić information content (AvgIpc) is 2.89. The zero-order valence-electron chi connectivity index (χ0n) is 12.8.